The molecule has 2 heteroatoms. The standard InChI is InChI=1S/C13H20BrI/c1-3-13(9-5-4-6-11-15)10-7-8-12(2)14/h3,7-8,10H,4-6,9,11H2,1-2H3/b10-7-,12-8+,13-3?. The smallest absolute Gasteiger partial charge is 0.000473 e. The maximum absolute atomic E-state index is 3.41. The molecule has 0 rings (SSSR count). The van der Waals surface area contributed by atoms with Gasteiger partial charge in [-0.25, -0.2) is 0 Å². The van der Waals surface area contributed by atoms with Crippen molar-refractivity contribution in [1.29, 1.82) is 0 Å². The van der Waals surface area contributed by atoms with Crippen molar-refractivity contribution in [2.75, 3.05) is 4.43 Å². The summed E-state index contributed by atoms with van der Waals surface area (Å²) < 4.78 is 2.45. The van der Waals surface area contributed by atoms with E-state index in [0.29, 0.717) is 0 Å². The number of unbranched alkanes of at least 4 members (excludes halogenated alkanes) is 2. The van der Waals surface area contributed by atoms with Crippen LogP contribution in [0.2, 0.25) is 0 Å². The fourth-order valence-corrected chi connectivity index (χ4v) is 1.92. The molecule has 0 amide bonds. The zero-order valence-corrected chi connectivity index (χ0v) is 13.3. The molecule has 0 aromatic heterocycles. The highest BCUT2D eigenvalue weighted by Crippen LogP contribution is 2.12. The third kappa shape index (κ3) is 10.7. The predicted octanol–water partition coefficient (Wildman–Crippen LogP) is 5.78. The fraction of sp³-hybridized carbons (Fsp3) is 0.538. The second kappa shape index (κ2) is 10.9. The molecule has 0 fully saturated rings. The van der Waals surface area contributed by atoms with E-state index in [1.54, 1.807) is 0 Å². The second-order valence-electron chi connectivity index (χ2n) is 3.48. The summed E-state index contributed by atoms with van der Waals surface area (Å²) in [6.07, 6.45) is 13.8. The summed E-state index contributed by atoms with van der Waals surface area (Å²) in [5, 5.41) is 0. The molecule has 0 radical (unpaired) electrons. The first-order valence-corrected chi connectivity index (χ1v) is 7.74. The van der Waals surface area contributed by atoms with Crippen LogP contribution in [0.4, 0.5) is 0 Å². The van der Waals surface area contributed by atoms with E-state index in [1.165, 1.54) is 40.2 Å². The molecule has 0 heterocycles. The SMILES string of the molecule is CC=C(/C=C\C=C(/C)Br)CCCCCI. The Hall–Kier alpha value is 0.430. The maximum atomic E-state index is 3.41. The van der Waals surface area contributed by atoms with E-state index in [-0.39, 0.29) is 0 Å². The minimum Gasteiger partial charge on any atom is -0.0864 e. The van der Waals surface area contributed by atoms with Gasteiger partial charge in [0.2, 0.25) is 0 Å². The first-order valence-electron chi connectivity index (χ1n) is 5.42. The van der Waals surface area contributed by atoms with Gasteiger partial charge in [-0.3, -0.25) is 0 Å². The van der Waals surface area contributed by atoms with Gasteiger partial charge in [0.15, 0.2) is 0 Å². The quantitative estimate of drug-likeness (QED) is 0.226. The molecule has 0 aliphatic rings. The van der Waals surface area contributed by atoms with Gasteiger partial charge < -0.3 is 0 Å². The van der Waals surface area contributed by atoms with Crippen molar-refractivity contribution in [3.05, 3.63) is 34.4 Å². The zero-order chi connectivity index (χ0) is 11.5. The van der Waals surface area contributed by atoms with E-state index in [9.17, 15) is 0 Å². The third-order valence-corrected chi connectivity index (χ3v) is 3.13. The number of alkyl halides is 1. The Morgan fingerprint density at radius 2 is 2.00 bits per heavy atom. The number of rotatable bonds is 7. The minimum absolute atomic E-state index is 1.17. The van der Waals surface area contributed by atoms with Crippen LogP contribution >= 0.6 is 38.5 Å². The first-order chi connectivity index (χ1) is 7.20. The molecule has 0 unspecified atom stereocenters. The summed E-state index contributed by atoms with van der Waals surface area (Å²) >= 11 is 5.85. The lowest BCUT2D eigenvalue weighted by atomic mass is 10.1. The van der Waals surface area contributed by atoms with Crippen molar-refractivity contribution in [2.24, 2.45) is 0 Å². The Balaban J connectivity index is 3.84. The molecule has 0 atom stereocenters. The van der Waals surface area contributed by atoms with Crippen LogP contribution in [0, 0.1) is 0 Å². The molecule has 0 aromatic carbocycles. The zero-order valence-electron chi connectivity index (χ0n) is 9.60. The Morgan fingerprint density at radius 3 is 2.53 bits per heavy atom. The third-order valence-electron chi connectivity index (χ3n) is 2.11. The molecule has 0 spiro atoms. The van der Waals surface area contributed by atoms with Crippen LogP contribution in [0.25, 0.3) is 0 Å². The molecule has 0 aliphatic heterocycles. The fourth-order valence-electron chi connectivity index (χ4n) is 1.23. The van der Waals surface area contributed by atoms with Gasteiger partial charge in [0.05, 0.1) is 0 Å². The predicted molar refractivity (Wildman–Crippen MR) is 82.9 cm³/mol. The van der Waals surface area contributed by atoms with Crippen molar-refractivity contribution in [2.45, 2.75) is 39.5 Å². The van der Waals surface area contributed by atoms with E-state index in [0.717, 1.165) is 0 Å². The van der Waals surface area contributed by atoms with E-state index in [4.69, 9.17) is 0 Å². The molecule has 15 heavy (non-hydrogen) atoms. The van der Waals surface area contributed by atoms with E-state index >= 15 is 0 Å². The molecule has 0 aliphatic carbocycles. The number of halogens is 2. The monoisotopic (exact) mass is 382 g/mol. The summed E-state index contributed by atoms with van der Waals surface area (Å²) in [6.45, 7) is 4.16. The highest BCUT2D eigenvalue weighted by molar-refractivity contribution is 14.1. The highest BCUT2D eigenvalue weighted by atomic mass is 127. The Labute approximate surface area is 116 Å². The average molecular weight is 383 g/mol. The Bertz CT molecular complexity index is 235. The average Bonchev–Trinajstić information content (AvgIpc) is 2.21. The van der Waals surface area contributed by atoms with E-state index in [2.05, 4.69) is 69.7 Å². The molecule has 0 nitrogen and oxygen atoms in total. The molecule has 0 saturated carbocycles. The summed E-state index contributed by atoms with van der Waals surface area (Å²) in [7, 11) is 0. The van der Waals surface area contributed by atoms with Crippen molar-refractivity contribution in [1.82, 2.24) is 0 Å². The van der Waals surface area contributed by atoms with Crippen LogP contribution in [0.15, 0.2) is 34.4 Å². The van der Waals surface area contributed by atoms with Crippen LogP contribution in [0.5, 0.6) is 0 Å². The second-order valence-corrected chi connectivity index (χ2v) is 5.81. The normalized spacial score (nSPS) is 13.9. The summed E-state index contributed by atoms with van der Waals surface area (Å²) in [4.78, 5) is 0. The summed E-state index contributed by atoms with van der Waals surface area (Å²) in [5.41, 5.74) is 1.44. The van der Waals surface area contributed by atoms with Crippen molar-refractivity contribution >= 4 is 38.5 Å². The molecule has 0 aromatic rings. The van der Waals surface area contributed by atoms with Gasteiger partial charge in [-0.15, -0.1) is 0 Å². The topological polar surface area (TPSA) is 0 Å². The van der Waals surface area contributed by atoms with Gasteiger partial charge in [-0.1, -0.05) is 74.8 Å². The molecule has 0 N–H and O–H groups in total. The van der Waals surface area contributed by atoms with Crippen molar-refractivity contribution < 1.29 is 0 Å². The van der Waals surface area contributed by atoms with Crippen LogP contribution in [-0.2, 0) is 0 Å². The van der Waals surface area contributed by atoms with Crippen LogP contribution < -0.4 is 0 Å². The molecule has 0 saturated heterocycles. The lowest BCUT2D eigenvalue weighted by molar-refractivity contribution is 0.728. The molecular weight excluding hydrogens is 363 g/mol. The summed E-state index contributed by atoms with van der Waals surface area (Å²) in [5.74, 6) is 0. The number of allylic oxidation sites excluding steroid dienone is 6. The first kappa shape index (κ1) is 15.4. The van der Waals surface area contributed by atoms with Crippen LogP contribution in [0.1, 0.15) is 39.5 Å². The number of hydrogen-bond acceptors (Lipinski definition) is 0. The Kier molecular flexibility index (Phi) is 11.2. The van der Waals surface area contributed by atoms with Gasteiger partial charge in [0.1, 0.15) is 0 Å². The van der Waals surface area contributed by atoms with E-state index in [1.807, 2.05) is 6.92 Å². The minimum atomic E-state index is 1.17. The lowest BCUT2D eigenvalue weighted by Crippen LogP contribution is -1.81. The number of hydrogen-bond donors (Lipinski definition) is 0. The molecular formula is C13H20BrI. The lowest BCUT2D eigenvalue weighted by Gasteiger charge is -2.00. The van der Waals surface area contributed by atoms with Crippen LogP contribution in [0.3, 0.4) is 0 Å². The maximum Gasteiger partial charge on any atom is -0.000473 e. The summed E-state index contributed by atoms with van der Waals surface area (Å²) in [6, 6.07) is 0. The Morgan fingerprint density at radius 1 is 1.27 bits per heavy atom. The van der Waals surface area contributed by atoms with Crippen molar-refractivity contribution in [3.8, 4) is 0 Å². The van der Waals surface area contributed by atoms with Gasteiger partial charge in [-0.2, -0.15) is 0 Å². The highest BCUT2D eigenvalue weighted by Gasteiger charge is 1.91. The van der Waals surface area contributed by atoms with Crippen molar-refractivity contribution in [3.63, 3.8) is 0 Å². The molecule has 0 bridgehead atoms. The molecule has 86 valence electrons. The largest absolute Gasteiger partial charge is 0.0864 e. The van der Waals surface area contributed by atoms with Gasteiger partial charge in [0.25, 0.3) is 0 Å². The van der Waals surface area contributed by atoms with Gasteiger partial charge >= 0.3 is 0 Å². The van der Waals surface area contributed by atoms with Crippen LogP contribution in [-0.4, -0.2) is 4.43 Å². The van der Waals surface area contributed by atoms with Gasteiger partial charge in [0, 0.05) is 0 Å². The van der Waals surface area contributed by atoms with E-state index < -0.39 is 0 Å². The van der Waals surface area contributed by atoms with Gasteiger partial charge in [-0.05, 0) is 42.0 Å².